The van der Waals surface area contributed by atoms with Crippen molar-refractivity contribution in [3.05, 3.63) is 28.8 Å². The Morgan fingerprint density at radius 2 is 1.87 bits per heavy atom. The summed E-state index contributed by atoms with van der Waals surface area (Å²) < 4.78 is 51.9. The van der Waals surface area contributed by atoms with Crippen molar-refractivity contribution in [1.29, 1.82) is 0 Å². The SMILES string of the molecule is Nc1ccn(C2=C[C@H](O)[C@@](CBr)(COP(=O)(O)OP(=O)(O)OP(=O)(O)O)O2)c(=O)n1. The maximum Gasteiger partial charge on any atom is 0.490 e. The molecule has 0 saturated heterocycles. The molecule has 1 aliphatic rings. The fraction of sp³-hybridized carbons (Fsp3) is 0.400. The van der Waals surface area contributed by atoms with Gasteiger partial charge in [0.05, 0.1) is 0 Å². The number of phosphoric acid groups is 3. The van der Waals surface area contributed by atoms with Crippen LogP contribution in [-0.4, -0.2) is 57.9 Å². The third-order valence-corrected chi connectivity index (χ3v) is 8.06. The van der Waals surface area contributed by atoms with Crippen molar-refractivity contribution in [2.45, 2.75) is 11.7 Å². The summed E-state index contributed by atoms with van der Waals surface area (Å²) >= 11 is 3.01. The van der Waals surface area contributed by atoms with Crippen LogP contribution in [0.5, 0.6) is 0 Å². The smallest absolute Gasteiger partial charge is 0.466 e. The van der Waals surface area contributed by atoms with Crippen molar-refractivity contribution in [2.75, 3.05) is 17.7 Å². The number of aliphatic hydroxyl groups is 1. The summed E-state index contributed by atoms with van der Waals surface area (Å²) in [5.41, 5.74) is 2.71. The molecule has 4 atom stereocenters. The maximum absolute atomic E-state index is 11.9. The van der Waals surface area contributed by atoms with Gasteiger partial charge in [-0.2, -0.15) is 13.6 Å². The molecule has 0 aromatic carbocycles. The molecule has 0 amide bonds. The van der Waals surface area contributed by atoms with Gasteiger partial charge in [-0.3, -0.25) is 4.52 Å². The molecular weight excluding hydrogens is 543 g/mol. The topological polar surface area (TPSA) is 250 Å². The number of nitrogen functional groups attached to an aromatic ring is 1. The van der Waals surface area contributed by atoms with Gasteiger partial charge < -0.3 is 35.2 Å². The molecule has 7 N–H and O–H groups in total. The molecule has 1 aromatic heterocycles. The van der Waals surface area contributed by atoms with E-state index in [2.05, 4.69) is 34.1 Å². The van der Waals surface area contributed by atoms with Gasteiger partial charge in [0.1, 0.15) is 18.5 Å². The number of hydrogen-bond acceptors (Lipinski definition) is 11. The van der Waals surface area contributed by atoms with E-state index in [9.17, 15) is 28.5 Å². The summed E-state index contributed by atoms with van der Waals surface area (Å²) in [7, 11) is -16.7. The lowest BCUT2D eigenvalue weighted by atomic mass is 10.0. The molecule has 0 aliphatic carbocycles. The monoisotopic (exact) mass is 557 g/mol. The van der Waals surface area contributed by atoms with E-state index in [1.54, 1.807) is 0 Å². The predicted octanol–water partition coefficient (Wildman–Crippen LogP) is -0.508. The van der Waals surface area contributed by atoms with E-state index in [4.69, 9.17) is 25.2 Å². The molecule has 20 heteroatoms. The Kier molecular flexibility index (Phi) is 7.52. The quantitative estimate of drug-likeness (QED) is 0.165. The summed E-state index contributed by atoms with van der Waals surface area (Å²) in [5.74, 6) is -0.302. The van der Waals surface area contributed by atoms with Crippen LogP contribution in [0.4, 0.5) is 5.82 Å². The molecule has 2 unspecified atom stereocenters. The zero-order valence-electron chi connectivity index (χ0n) is 14.4. The molecule has 0 fully saturated rings. The molecule has 2 heterocycles. The second-order valence-corrected chi connectivity index (χ2v) is 10.6. The number of hydrogen-bond donors (Lipinski definition) is 6. The third kappa shape index (κ3) is 6.53. The van der Waals surface area contributed by atoms with Gasteiger partial charge >= 0.3 is 29.2 Å². The van der Waals surface area contributed by atoms with E-state index in [-0.39, 0.29) is 17.0 Å². The summed E-state index contributed by atoms with van der Waals surface area (Å²) in [6, 6.07) is 1.26. The van der Waals surface area contributed by atoms with E-state index in [1.165, 1.54) is 12.3 Å². The fourth-order valence-electron chi connectivity index (χ4n) is 2.06. The largest absolute Gasteiger partial charge is 0.490 e. The number of phosphoric ester groups is 1. The second kappa shape index (κ2) is 8.90. The standard InChI is InChI=1S/C10H15BrN3O13P3/c11-4-10(5-24-29(20,21)27-30(22,23)26-28(17,18)19)6(15)3-8(25-10)14-2-1-7(12)13-9(14)16/h1-3,6,15H,4-5H2,(H,20,21)(H,22,23)(H2,12,13,16)(H2,17,18,19)/t6-,10+/m0/s1. The minimum atomic E-state index is -5.71. The van der Waals surface area contributed by atoms with Crippen molar-refractivity contribution < 1.29 is 56.3 Å². The minimum Gasteiger partial charge on any atom is -0.466 e. The van der Waals surface area contributed by atoms with Crippen LogP contribution in [0.15, 0.2) is 23.1 Å². The molecule has 30 heavy (non-hydrogen) atoms. The third-order valence-electron chi connectivity index (χ3n) is 3.32. The van der Waals surface area contributed by atoms with E-state index < -0.39 is 47.5 Å². The Morgan fingerprint density at radius 3 is 2.40 bits per heavy atom. The lowest BCUT2D eigenvalue weighted by Gasteiger charge is -2.31. The molecule has 1 aromatic rings. The Morgan fingerprint density at radius 1 is 1.23 bits per heavy atom. The van der Waals surface area contributed by atoms with E-state index in [0.29, 0.717) is 0 Å². The number of ether oxygens (including phenoxy) is 1. The molecule has 0 saturated carbocycles. The van der Waals surface area contributed by atoms with Crippen molar-refractivity contribution in [3.8, 4) is 0 Å². The number of halogens is 1. The first-order valence-corrected chi connectivity index (χ1v) is 13.0. The normalized spacial score (nSPS) is 25.8. The van der Waals surface area contributed by atoms with Gasteiger partial charge in [-0.1, -0.05) is 15.9 Å². The summed E-state index contributed by atoms with van der Waals surface area (Å²) in [4.78, 5) is 51.1. The fourth-order valence-corrected chi connectivity index (χ4v) is 5.74. The highest BCUT2D eigenvalue weighted by atomic mass is 79.9. The minimum absolute atomic E-state index is 0.0743. The molecule has 2 rings (SSSR count). The Bertz CT molecular complexity index is 1040. The van der Waals surface area contributed by atoms with Crippen molar-refractivity contribution in [2.24, 2.45) is 0 Å². The number of aromatic nitrogens is 2. The van der Waals surface area contributed by atoms with Crippen molar-refractivity contribution in [1.82, 2.24) is 9.55 Å². The summed E-state index contributed by atoms with van der Waals surface area (Å²) in [5, 5.41) is 10.0. The lowest BCUT2D eigenvalue weighted by molar-refractivity contribution is -0.0496. The van der Waals surface area contributed by atoms with Crippen LogP contribution in [0, 0.1) is 0 Å². The Hall–Kier alpha value is -0.930. The molecule has 1 aliphatic heterocycles. The first-order chi connectivity index (χ1) is 13.6. The number of alkyl halides is 1. The molecule has 0 radical (unpaired) electrons. The lowest BCUT2D eigenvalue weighted by Crippen LogP contribution is -2.46. The Labute approximate surface area is 175 Å². The van der Waals surface area contributed by atoms with Crippen LogP contribution >= 0.6 is 39.4 Å². The highest BCUT2D eigenvalue weighted by molar-refractivity contribution is 9.09. The van der Waals surface area contributed by atoms with Gasteiger partial charge in [-0.05, 0) is 6.07 Å². The molecule has 0 spiro atoms. The first kappa shape index (κ1) is 25.3. The summed E-state index contributed by atoms with van der Waals surface area (Å²) in [6.45, 7) is -0.958. The number of aliphatic hydroxyl groups excluding tert-OH is 1. The van der Waals surface area contributed by atoms with Crippen molar-refractivity contribution >= 4 is 51.1 Å². The van der Waals surface area contributed by atoms with Gasteiger partial charge in [-0.15, -0.1) is 0 Å². The maximum atomic E-state index is 11.9. The van der Waals surface area contributed by atoms with Gasteiger partial charge in [0, 0.05) is 17.6 Å². The van der Waals surface area contributed by atoms with E-state index >= 15 is 0 Å². The summed E-state index contributed by atoms with van der Waals surface area (Å²) in [6.07, 6.45) is 0.722. The Balaban J connectivity index is 2.15. The second-order valence-electron chi connectivity index (χ2n) is 5.62. The highest BCUT2D eigenvalue weighted by Gasteiger charge is 2.48. The number of nitrogens with two attached hydrogens (primary N) is 1. The van der Waals surface area contributed by atoms with E-state index in [1.807, 2.05) is 0 Å². The molecule has 0 bridgehead atoms. The van der Waals surface area contributed by atoms with Crippen LogP contribution in [0.3, 0.4) is 0 Å². The highest BCUT2D eigenvalue weighted by Crippen LogP contribution is 2.66. The first-order valence-electron chi connectivity index (χ1n) is 7.37. The van der Waals surface area contributed by atoms with E-state index in [0.717, 1.165) is 10.6 Å². The van der Waals surface area contributed by atoms with Gasteiger partial charge in [0.25, 0.3) is 0 Å². The molecule has 170 valence electrons. The van der Waals surface area contributed by atoms with Crippen LogP contribution in [0.25, 0.3) is 5.88 Å². The van der Waals surface area contributed by atoms with Crippen LogP contribution in [0.2, 0.25) is 0 Å². The van der Waals surface area contributed by atoms with Gasteiger partial charge in [0.15, 0.2) is 5.60 Å². The van der Waals surface area contributed by atoms with Crippen LogP contribution in [-0.2, 0) is 31.6 Å². The number of rotatable bonds is 9. The predicted molar refractivity (Wildman–Crippen MR) is 101 cm³/mol. The van der Waals surface area contributed by atoms with Crippen LogP contribution < -0.4 is 11.4 Å². The zero-order chi connectivity index (χ0) is 23.0. The zero-order valence-corrected chi connectivity index (χ0v) is 18.7. The van der Waals surface area contributed by atoms with Crippen LogP contribution in [0.1, 0.15) is 0 Å². The number of anilines is 1. The average molecular weight is 558 g/mol. The average Bonchev–Trinajstić information content (AvgIpc) is 2.86. The van der Waals surface area contributed by atoms with Crippen molar-refractivity contribution in [3.63, 3.8) is 0 Å². The number of nitrogens with zero attached hydrogens (tertiary/aromatic N) is 2. The molecule has 16 nitrogen and oxygen atoms in total. The van der Waals surface area contributed by atoms with Gasteiger partial charge in [0.2, 0.25) is 5.88 Å². The van der Waals surface area contributed by atoms with Gasteiger partial charge in [-0.25, -0.2) is 23.1 Å². The molecular formula is C10H15BrN3O13P3.